The summed E-state index contributed by atoms with van der Waals surface area (Å²) in [5, 5.41) is 12.9. The fraction of sp³-hybridized carbons (Fsp3) is 0.133. The van der Waals surface area contributed by atoms with Gasteiger partial charge in [0.1, 0.15) is 6.61 Å². The standard InChI is InChI=1S/C15H11F3N2O4/c16-15(17,18)11-6-4-10(5-7-11)9-24-14(21)19-12-2-1-3-13(8-12)20(22)23/h1-8H,9H2,(H,19,21). The summed E-state index contributed by atoms with van der Waals surface area (Å²) < 4.78 is 42.1. The predicted molar refractivity (Wildman–Crippen MR) is 78.3 cm³/mol. The van der Waals surface area contributed by atoms with Gasteiger partial charge in [-0.2, -0.15) is 13.2 Å². The van der Waals surface area contributed by atoms with E-state index in [0.717, 1.165) is 18.2 Å². The Hall–Kier alpha value is -3.10. The molecule has 0 aromatic heterocycles. The molecule has 9 heteroatoms. The second-order valence-corrected chi connectivity index (χ2v) is 4.70. The quantitative estimate of drug-likeness (QED) is 0.662. The second kappa shape index (κ2) is 6.99. The lowest BCUT2D eigenvalue weighted by atomic mass is 10.1. The van der Waals surface area contributed by atoms with Crippen LogP contribution in [0.5, 0.6) is 0 Å². The number of nitro benzene ring substituents is 1. The number of nitrogens with one attached hydrogen (secondary N) is 1. The summed E-state index contributed by atoms with van der Waals surface area (Å²) in [7, 11) is 0. The van der Waals surface area contributed by atoms with Crippen LogP contribution in [0.4, 0.5) is 29.3 Å². The summed E-state index contributed by atoms with van der Waals surface area (Å²) in [5.41, 5.74) is -0.457. The molecule has 2 aromatic rings. The lowest BCUT2D eigenvalue weighted by molar-refractivity contribution is -0.384. The van der Waals surface area contributed by atoms with E-state index >= 15 is 0 Å². The van der Waals surface area contributed by atoms with E-state index in [1.807, 2.05) is 0 Å². The van der Waals surface area contributed by atoms with E-state index in [9.17, 15) is 28.1 Å². The van der Waals surface area contributed by atoms with Crippen molar-refractivity contribution in [3.63, 3.8) is 0 Å². The van der Waals surface area contributed by atoms with Crippen LogP contribution >= 0.6 is 0 Å². The predicted octanol–water partition coefficient (Wildman–Crippen LogP) is 4.36. The molecule has 0 aliphatic heterocycles. The van der Waals surface area contributed by atoms with Crippen LogP contribution in [0.3, 0.4) is 0 Å². The number of alkyl halides is 3. The Morgan fingerprint density at radius 1 is 1.17 bits per heavy atom. The molecule has 0 heterocycles. The van der Waals surface area contributed by atoms with Gasteiger partial charge in [0.05, 0.1) is 16.2 Å². The highest BCUT2D eigenvalue weighted by molar-refractivity contribution is 5.85. The third-order valence-corrected chi connectivity index (χ3v) is 2.95. The van der Waals surface area contributed by atoms with Crippen LogP contribution in [-0.2, 0) is 17.5 Å². The maximum absolute atomic E-state index is 12.4. The number of anilines is 1. The van der Waals surface area contributed by atoms with E-state index < -0.39 is 22.8 Å². The summed E-state index contributed by atoms with van der Waals surface area (Å²) in [6.07, 6.45) is -5.31. The molecule has 2 rings (SSSR count). The molecule has 0 unspecified atom stereocenters. The number of benzene rings is 2. The van der Waals surface area contributed by atoms with Gasteiger partial charge in [0, 0.05) is 12.1 Å². The van der Waals surface area contributed by atoms with Gasteiger partial charge in [-0.05, 0) is 23.8 Å². The van der Waals surface area contributed by atoms with Gasteiger partial charge >= 0.3 is 12.3 Å². The highest BCUT2D eigenvalue weighted by Gasteiger charge is 2.29. The summed E-state index contributed by atoms with van der Waals surface area (Å²) >= 11 is 0. The molecule has 0 radical (unpaired) electrons. The minimum Gasteiger partial charge on any atom is -0.444 e. The Morgan fingerprint density at radius 3 is 2.42 bits per heavy atom. The summed E-state index contributed by atoms with van der Waals surface area (Å²) in [6.45, 7) is -0.237. The number of amides is 1. The Labute approximate surface area is 134 Å². The molecule has 0 bridgehead atoms. The number of nitro groups is 1. The number of carbonyl (C=O) groups excluding carboxylic acids is 1. The number of ether oxygens (including phenoxy) is 1. The minimum atomic E-state index is -4.43. The van der Waals surface area contributed by atoms with Crippen molar-refractivity contribution >= 4 is 17.5 Å². The Morgan fingerprint density at radius 2 is 1.83 bits per heavy atom. The summed E-state index contributed by atoms with van der Waals surface area (Å²) in [6, 6.07) is 9.41. The van der Waals surface area contributed by atoms with Crippen LogP contribution in [0.15, 0.2) is 48.5 Å². The molecule has 0 saturated heterocycles. The number of non-ortho nitro benzene ring substituents is 1. The van der Waals surface area contributed by atoms with Crippen LogP contribution in [0.25, 0.3) is 0 Å². The van der Waals surface area contributed by atoms with E-state index in [2.05, 4.69) is 5.32 Å². The van der Waals surface area contributed by atoms with Crippen molar-refractivity contribution in [1.29, 1.82) is 0 Å². The lowest BCUT2D eigenvalue weighted by Crippen LogP contribution is -2.13. The molecule has 1 N–H and O–H groups in total. The first-order chi connectivity index (χ1) is 11.3. The molecule has 0 saturated carbocycles. The third kappa shape index (κ3) is 4.70. The topological polar surface area (TPSA) is 81.5 Å². The van der Waals surface area contributed by atoms with E-state index in [1.165, 1.54) is 30.3 Å². The zero-order chi connectivity index (χ0) is 17.7. The number of nitrogens with zero attached hydrogens (tertiary/aromatic N) is 1. The number of halogens is 3. The van der Waals surface area contributed by atoms with Crippen molar-refractivity contribution in [2.24, 2.45) is 0 Å². The van der Waals surface area contributed by atoms with Crippen molar-refractivity contribution in [3.05, 3.63) is 69.8 Å². The van der Waals surface area contributed by atoms with Gasteiger partial charge in [-0.25, -0.2) is 4.79 Å². The third-order valence-electron chi connectivity index (χ3n) is 2.95. The first-order valence-corrected chi connectivity index (χ1v) is 6.60. The highest BCUT2D eigenvalue weighted by Crippen LogP contribution is 2.29. The van der Waals surface area contributed by atoms with Gasteiger partial charge < -0.3 is 4.74 Å². The average Bonchev–Trinajstić information content (AvgIpc) is 2.53. The smallest absolute Gasteiger partial charge is 0.416 e. The minimum absolute atomic E-state index is 0.168. The first kappa shape index (κ1) is 17.3. The van der Waals surface area contributed by atoms with Gasteiger partial charge in [0.15, 0.2) is 0 Å². The van der Waals surface area contributed by atoms with Crippen molar-refractivity contribution in [3.8, 4) is 0 Å². The largest absolute Gasteiger partial charge is 0.444 e. The average molecular weight is 340 g/mol. The molecule has 0 aliphatic carbocycles. The molecule has 0 spiro atoms. The fourth-order valence-electron chi connectivity index (χ4n) is 1.79. The van der Waals surface area contributed by atoms with Gasteiger partial charge in [-0.3, -0.25) is 15.4 Å². The van der Waals surface area contributed by atoms with Crippen LogP contribution in [0.1, 0.15) is 11.1 Å². The molecule has 0 fully saturated rings. The van der Waals surface area contributed by atoms with E-state index in [-0.39, 0.29) is 18.0 Å². The number of carbonyl (C=O) groups is 1. The fourth-order valence-corrected chi connectivity index (χ4v) is 1.79. The number of hydrogen-bond donors (Lipinski definition) is 1. The Balaban J connectivity index is 1.91. The van der Waals surface area contributed by atoms with Crippen molar-refractivity contribution in [1.82, 2.24) is 0 Å². The molecular weight excluding hydrogens is 329 g/mol. The zero-order valence-electron chi connectivity index (χ0n) is 12.0. The van der Waals surface area contributed by atoms with Gasteiger partial charge in [-0.1, -0.05) is 18.2 Å². The summed E-state index contributed by atoms with van der Waals surface area (Å²) in [5.74, 6) is 0. The zero-order valence-corrected chi connectivity index (χ0v) is 12.0. The van der Waals surface area contributed by atoms with Crippen LogP contribution in [0, 0.1) is 10.1 Å². The van der Waals surface area contributed by atoms with Gasteiger partial charge in [0.2, 0.25) is 0 Å². The van der Waals surface area contributed by atoms with Gasteiger partial charge in [0.25, 0.3) is 5.69 Å². The highest BCUT2D eigenvalue weighted by atomic mass is 19.4. The first-order valence-electron chi connectivity index (χ1n) is 6.60. The van der Waals surface area contributed by atoms with Crippen LogP contribution in [0.2, 0.25) is 0 Å². The molecular formula is C15H11F3N2O4. The van der Waals surface area contributed by atoms with E-state index in [4.69, 9.17) is 4.74 Å². The van der Waals surface area contributed by atoms with E-state index in [1.54, 1.807) is 0 Å². The number of rotatable bonds is 4. The molecule has 6 nitrogen and oxygen atoms in total. The normalized spacial score (nSPS) is 11.0. The molecule has 24 heavy (non-hydrogen) atoms. The van der Waals surface area contributed by atoms with Crippen molar-refractivity contribution in [2.75, 3.05) is 5.32 Å². The van der Waals surface area contributed by atoms with E-state index in [0.29, 0.717) is 5.56 Å². The second-order valence-electron chi connectivity index (χ2n) is 4.70. The maximum Gasteiger partial charge on any atom is 0.416 e. The molecule has 1 amide bonds. The lowest BCUT2D eigenvalue weighted by Gasteiger charge is -2.09. The number of hydrogen-bond acceptors (Lipinski definition) is 4. The monoisotopic (exact) mass is 340 g/mol. The van der Waals surface area contributed by atoms with Crippen LogP contribution in [-0.4, -0.2) is 11.0 Å². The van der Waals surface area contributed by atoms with Crippen molar-refractivity contribution < 1.29 is 27.6 Å². The SMILES string of the molecule is O=C(Nc1cccc([N+](=O)[O-])c1)OCc1ccc(C(F)(F)F)cc1. The maximum atomic E-state index is 12.4. The molecule has 0 aliphatic rings. The molecule has 2 aromatic carbocycles. The van der Waals surface area contributed by atoms with Crippen LogP contribution < -0.4 is 5.32 Å². The molecule has 0 atom stereocenters. The Bertz CT molecular complexity index is 745. The molecule has 126 valence electrons. The van der Waals surface area contributed by atoms with Crippen molar-refractivity contribution in [2.45, 2.75) is 12.8 Å². The van der Waals surface area contributed by atoms with Gasteiger partial charge in [-0.15, -0.1) is 0 Å². The Kier molecular flexibility index (Phi) is 5.02. The summed E-state index contributed by atoms with van der Waals surface area (Å²) in [4.78, 5) is 21.6.